The number of hydrogen-bond donors (Lipinski definition) is 1. The summed E-state index contributed by atoms with van der Waals surface area (Å²) >= 11 is 2.47. The van der Waals surface area contributed by atoms with Gasteiger partial charge in [0.25, 0.3) is 5.69 Å². The van der Waals surface area contributed by atoms with E-state index in [-0.39, 0.29) is 23.2 Å². The minimum absolute atomic E-state index is 0.0242. The van der Waals surface area contributed by atoms with Gasteiger partial charge in [-0.25, -0.2) is 4.39 Å². The van der Waals surface area contributed by atoms with E-state index >= 15 is 0 Å². The van der Waals surface area contributed by atoms with Gasteiger partial charge in [0.1, 0.15) is 5.82 Å². The topological polar surface area (TPSA) is 101 Å². The zero-order valence-corrected chi connectivity index (χ0v) is 16.5. The van der Waals surface area contributed by atoms with Gasteiger partial charge in [-0.15, -0.1) is 10.2 Å². The number of nitrogens with one attached hydrogen (secondary N) is 1. The number of anilines is 3. The summed E-state index contributed by atoms with van der Waals surface area (Å²) in [5.41, 5.74) is 1.83. The van der Waals surface area contributed by atoms with Crippen LogP contribution in [0.1, 0.15) is 5.56 Å². The van der Waals surface area contributed by atoms with Gasteiger partial charge in [-0.2, -0.15) is 0 Å². The van der Waals surface area contributed by atoms with Crippen LogP contribution in [0.25, 0.3) is 0 Å². The highest BCUT2D eigenvalue weighted by atomic mass is 32.2. The summed E-state index contributed by atoms with van der Waals surface area (Å²) in [5.74, 6) is -0.341. The molecule has 2 aromatic carbocycles. The smallest absolute Gasteiger partial charge is 0.269 e. The van der Waals surface area contributed by atoms with Crippen LogP contribution in [0.3, 0.4) is 0 Å². The van der Waals surface area contributed by atoms with Crippen molar-refractivity contribution in [3.05, 3.63) is 64.0 Å². The number of carbonyl (C=O) groups excluding carboxylic acids is 1. The summed E-state index contributed by atoms with van der Waals surface area (Å²) in [6.45, 7) is 0.492. The van der Waals surface area contributed by atoms with Crippen LogP contribution in [-0.4, -0.2) is 33.3 Å². The number of benzene rings is 2. The van der Waals surface area contributed by atoms with Gasteiger partial charge in [-0.3, -0.25) is 14.9 Å². The highest BCUT2D eigenvalue weighted by molar-refractivity contribution is 8.01. The van der Waals surface area contributed by atoms with E-state index in [4.69, 9.17) is 0 Å². The van der Waals surface area contributed by atoms with Crippen molar-refractivity contribution in [2.24, 2.45) is 0 Å². The van der Waals surface area contributed by atoms with Crippen LogP contribution in [0.4, 0.5) is 26.6 Å². The van der Waals surface area contributed by atoms with Gasteiger partial charge in [0, 0.05) is 24.4 Å². The van der Waals surface area contributed by atoms with E-state index in [0.717, 1.165) is 5.56 Å². The Morgan fingerprint density at radius 3 is 2.93 bits per heavy atom. The van der Waals surface area contributed by atoms with Gasteiger partial charge in [0.05, 0.1) is 16.4 Å². The van der Waals surface area contributed by atoms with Crippen molar-refractivity contribution in [2.75, 3.05) is 22.5 Å². The molecule has 1 aromatic heterocycles. The van der Waals surface area contributed by atoms with E-state index in [1.807, 2.05) is 0 Å². The first-order valence-corrected chi connectivity index (χ1v) is 10.4. The molecule has 2 heterocycles. The molecule has 29 heavy (non-hydrogen) atoms. The van der Waals surface area contributed by atoms with E-state index in [1.54, 1.807) is 29.2 Å². The fourth-order valence-electron chi connectivity index (χ4n) is 2.96. The van der Waals surface area contributed by atoms with Crippen LogP contribution in [-0.2, 0) is 11.2 Å². The van der Waals surface area contributed by atoms with Crippen molar-refractivity contribution < 1.29 is 14.1 Å². The molecule has 0 saturated heterocycles. The van der Waals surface area contributed by atoms with Crippen LogP contribution in [0.15, 0.2) is 46.8 Å². The van der Waals surface area contributed by atoms with E-state index < -0.39 is 4.92 Å². The average molecular weight is 431 g/mol. The summed E-state index contributed by atoms with van der Waals surface area (Å²) in [5, 5.41) is 22.2. The second-order valence-corrected chi connectivity index (χ2v) is 8.33. The largest absolute Gasteiger partial charge is 0.328 e. The Morgan fingerprint density at radius 2 is 2.14 bits per heavy atom. The van der Waals surface area contributed by atoms with Gasteiger partial charge in [-0.1, -0.05) is 35.2 Å². The number of nitrogens with zero attached hydrogens (tertiary/aromatic N) is 4. The molecule has 0 radical (unpaired) electrons. The molecule has 11 heteroatoms. The molecule has 0 unspecified atom stereocenters. The molecule has 4 rings (SSSR count). The van der Waals surface area contributed by atoms with Crippen molar-refractivity contribution in [3.63, 3.8) is 0 Å². The van der Waals surface area contributed by atoms with Gasteiger partial charge in [-0.05, 0) is 30.2 Å². The third kappa shape index (κ3) is 4.20. The van der Waals surface area contributed by atoms with Crippen molar-refractivity contribution >= 4 is 51.2 Å². The van der Waals surface area contributed by atoms with Crippen LogP contribution in [0.2, 0.25) is 0 Å². The molecule has 0 spiro atoms. The molecule has 3 aromatic rings. The highest BCUT2D eigenvalue weighted by Gasteiger charge is 2.26. The van der Waals surface area contributed by atoms with E-state index in [2.05, 4.69) is 15.5 Å². The number of halogens is 1. The Kier molecular flexibility index (Phi) is 5.41. The van der Waals surface area contributed by atoms with E-state index in [9.17, 15) is 19.3 Å². The minimum Gasteiger partial charge on any atom is -0.328 e. The first-order chi connectivity index (χ1) is 14.0. The summed E-state index contributed by atoms with van der Waals surface area (Å²) < 4.78 is 14.3. The van der Waals surface area contributed by atoms with Gasteiger partial charge < -0.3 is 10.2 Å². The maximum Gasteiger partial charge on any atom is 0.269 e. The number of carbonyl (C=O) groups is 1. The normalized spacial score (nSPS) is 12.7. The number of aromatic nitrogens is 2. The maximum atomic E-state index is 13.7. The molecule has 0 aliphatic carbocycles. The quantitative estimate of drug-likeness (QED) is 0.357. The van der Waals surface area contributed by atoms with E-state index in [1.165, 1.54) is 41.3 Å². The predicted octanol–water partition coefficient (Wildman–Crippen LogP) is 4.01. The number of nitro groups is 1. The first kappa shape index (κ1) is 19.3. The fraction of sp³-hybridized carbons (Fsp3) is 0.167. The Balaban J connectivity index is 1.37. The van der Waals surface area contributed by atoms with Crippen LogP contribution in [0.5, 0.6) is 0 Å². The first-order valence-electron chi connectivity index (χ1n) is 8.57. The number of fused-ring (bicyclic) bond motifs is 1. The van der Waals surface area contributed by atoms with Crippen LogP contribution < -0.4 is 10.2 Å². The fourth-order valence-corrected chi connectivity index (χ4v) is 4.60. The van der Waals surface area contributed by atoms with Crippen molar-refractivity contribution in [2.45, 2.75) is 10.8 Å². The molecule has 0 atom stereocenters. The minimum atomic E-state index is -0.441. The lowest BCUT2D eigenvalue weighted by Gasteiger charge is -2.16. The number of rotatable bonds is 6. The molecule has 1 amide bonds. The standard InChI is InChI=1S/C18H14FN5O3S2/c19-13-3-1-2-4-14(13)20-17-21-22-18(29-17)28-10-16(25)23-8-7-11-9-12(24(26)27)5-6-15(11)23/h1-6,9H,7-8,10H2,(H,20,21). The van der Waals surface area contributed by atoms with Crippen molar-refractivity contribution in [3.8, 4) is 0 Å². The Hall–Kier alpha value is -3.05. The third-order valence-electron chi connectivity index (χ3n) is 4.31. The number of thioether (sulfide) groups is 1. The summed E-state index contributed by atoms with van der Waals surface area (Å²) in [6.07, 6.45) is 0.586. The lowest BCUT2D eigenvalue weighted by Crippen LogP contribution is -2.30. The molecule has 0 bridgehead atoms. The van der Waals surface area contributed by atoms with Crippen LogP contribution in [0, 0.1) is 15.9 Å². The monoisotopic (exact) mass is 431 g/mol. The van der Waals surface area contributed by atoms with E-state index in [0.29, 0.717) is 33.8 Å². The highest BCUT2D eigenvalue weighted by Crippen LogP contribution is 2.33. The molecule has 1 aliphatic heterocycles. The molecule has 1 N–H and O–H groups in total. The maximum absolute atomic E-state index is 13.7. The predicted molar refractivity (Wildman–Crippen MR) is 109 cm³/mol. The van der Waals surface area contributed by atoms with Gasteiger partial charge >= 0.3 is 0 Å². The van der Waals surface area contributed by atoms with Gasteiger partial charge in [0.15, 0.2) is 4.34 Å². The summed E-state index contributed by atoms with van der Waals surface area (Å²) in [4.78, 5) is 24.7. The molecule has 148 valence electrons. The Labute approximate surface area is 172 Å². The summed E-state index contributed by atoms with van der Waals surface area (Å²) in [7, 11) is 0. The second-order valence-electron chi connectivity index (χ2n) is 6.13. The molecular formula is C18H14FN5O3S2. The van der Waals surface area contributed by atoms with Crippen molar-refractivity contribution in [1.82, 2.24) is 10.2 Å². The zero-order chi connectivity index (χ0) is 20.4. The number of non-ortho nitro benzene ring substituents is 1. The molecule has 0 fully saturated rings. The lowest BCUT2D eigenvalue weighted by atomic mass is 10.1. The Bertz CT molecular complexity index is 1090. The number of amides is 1. The molecule has 1 aliphatic rings. The van der Waals surface area contributed by atoms with Crippen molar-refractivity contribution in [1.29, 1.82) is 0 Å². The van der Waals surface area contributed by atoms with Gasteiger partial charge in [0.2, 0.25) is 11.0 Å². The second kappa shape index (κ2) is 8.13. The number of para-hydroxylation sites is 1. The summed E-state index contributed by atoms with van der Waals surface area (Å²) in [6, 6.07) is 10.8. The molecule has 8 nitrogen and oxygen atoms in total. The number of nitro benzene ring substituents is 1. The zero-order valence-electron chi connectivity index (χ0n) is 14.9. The van der Waals surface area contributed by atoms with Crippen LogP contribution >= 0.6 is 23.1 Å². The lowest BCUT2D eigenvalue weighted by molar-refractivity contribution is -0.384. The third-order valence-corrected chi connectivity index (χ3v) is 6.27. The molecular weight excluding hydrogens is 417 g/mol. The average Bonchev–Trinajstić information content (AvgIpc) is 3.34. The Morgan fingerprint density at radius 1 is 1.31 bits per heavy atom. The number of hydrogen-bond acceptors (Lipinski definition) is 8. The SMILES string of the molecule is O=C(CSc1nnc(Nc2ccccc2F)s1)N1CCc2cc([N+](=O)[O-])ccc21. The molecule has 0 saturated carbocycles.